The third kappa shape index (κ3) is 3.08. The summed E-state index contributed by atoms with van der Waals surface area (Å²) in [7, 11) is 0. The summed E-state index contributed by atoms with van der Waals surface area (Å²) in [6, 6.07) is 4.91. The van der Waals surface area contributed by atoms with Crippen molar-refractivity contribution in [1.82, 2.24) is 4.90 Å². The van der Waals surface area contributed by atoms with Gasteiger partial charge in [0.25, 0.3) is 0 Å². The zero-order chi connectivity index (χ0) is 14.0. The Morgan fingerprint density at radius 1 is 1.26 bits per heavy atom. The van der Waals surface area contributed by atoms with E-state index in [1.54, 1.807) is 11.0 Å². The molecule has 2 rings (SSSR count). The molecular formula is C13H16F3NO2. The van der Waals surface area contributed by atoms with Crippen LogP contribution in [0.25, 0.3) is 0 Å². The average Bonchev–Trinajstić information content (AvgIpc) is 2.70. The second-order valence-corrected chi connectivity index (χ2v) is 4.71. The largest absolute Gasteiger partial charge is 0.416 e. The molecule has 0 amide bonds. The van der Waals surface area contributed by atoms with Gasteiger partial charge in [-0.3, -0.25) is 4.90 Å². The second kappa shape index (κ2) is 5.48. The second-order valence-electron chi connectivity index (χ2n) is 4.71. The minimum absolute atomic E-state index is 0.141. The van der Waals surface area contributed by atoms with Crippen molar-refractivity contribution in [2.24, 2.45) is 0 Å². The van der Waals surface area contributed by atoms with Crippen molar-refractivity contribution in [1.29, 1.82) is 0 Å². The third-order valence-corrected chi connectivity index (χ3v) is 3.39. The van der Waals surface area contributed by atoms with Crippen molar-refractivity contribution in [2.45, 2.75) is 24.7 Å². The number of rotatable bonds is 3. The lowest BCUT2D eigenvalue weighted by atomic mass is 9.97. The Morgan fingerprint density at radius 2 is 1.95 bits per heavy atom. The Morgan fingerprint density at radius 3 is 2.58 bits per heavy atom. The molecule has 6 heteroatoms. The number of hydrogen-bond acceptors (Lipinski definition) is 3. The van der Waals surface area contributed by atoms with Crippen LogP contribution >= 0.6 is 0 Å². The van der Waals surface area contributed by atoms with Gasteiger partial charge in [0.1, 0.15) is 0 Å². The summed E-state index contributed by atoms with van der Waals surface area (Å²) in [5.41, 5.74) is -0.503. The van der Waals surface area contributed by atoms with Crippen LogP contribution in [0.15, 0.2) is 24.3 Å². The zero-order valence-electron chi connectivity index (χ0n) is 10.3. The van der Waals surface area contributed by atoms with E-state index in [4.69, 9.17) is 5.11 Å². The van der Waals surface area contributed by atoms with Crippen LogP contribution in [-0.2, 0) is 6.18 Å². The smallest absolute Gasteiger partial charge is 0.395 e. The van der Waals surface area contributed by atoms with Crippen molar-refractivity contribution < 1.29 is 23.4 Å². The zero-order valence-corrected chi connectivity index (χ0v) is 10.3. The minimum Gasteiger partial charge on any atom is -0.395 e. The molecule has 1 aliphatic heterocycles. The van der Waals surface area contributed by atoms with Gasteiger partial charge in [-0.05, 0) is 18.1 Å². The SMILES string of the molecule is OCCN1C[C@@H](O)C[C@@H]1c1ccccc1C(F)(F)F. The van der Waals surface area contributed by atoms with E-state index in [-0.39, 0.29) is 31.7 Å². The Bertz CT molecular complexity index is 436. The van der Waals surface area contributed by atoms with E-state index in [9.17, 15) is 18.3 Å². The first-order valence-corrected chi connectivity index (χ1v) is 6.12. The molecule has 19 heavy (non-hydrogen) atoms. The first-order valence-electron chi connectivity index (χ1n) is 6.12. The van der Waals surface area contributed by atoms with Gasteiger partial charge < -0.3 is 10.2 Å². The number of likely N-dealkylation sites (tertiary alicyclic amines) is 1. The maximum Gasteiger partial charge on any atom is 0.416 e. The molecule has 0 spiro atoms. The summed E-state index contributed by atoms with van der Waals surface area (Å²) in [5, 5.41) is 18.6. The van der Waals surface area contributed by atoms with Gasteiger partial charge in [0, 0.05) is 19.1 Å². The fourth-order valence-electron chi connectivity index (χ4n) is 2.62. The first kappa shape index (κ1) is 14.3. The highest BCUT2D eigenvalue weighted by atomic mass is 19.4. The molecule has 106 valence electrons. The number of benzene rings is 1. The van der Waals surface area contributed by atoms with Crippen molar-refractivity contribution >= 4 is 0 Å². The summed E-state index contributed by atoms with van der Waals surface area (Å²) in [6.45, 7) is 0.405. The molecule has 0 radical (unpaired) electrons. The monoisotopic (exact) mass is 275 g/mol. The van der Waals surface area contributed by atoms with Crippen LogP contribution in [0.3, 0.4) is 0 Å². The van der Waals surface area contributed by atoms with E-state index in [1.807, 2.05) is 0 Å². The normalized spacial score (nSPS) is 24.9. The first-order chi connectivity index (χ1) is 8.93. The van der Waals surface area contributed by atoms with Gasteiger partial charge in [0.15, 0.2) is 0 Å². The molecule has 1 heterocycles. The fourth-order valence-corrected chi connectivity index (χ4v) is 2.62. The van der Waals surface area contributed by atoms with Gasteiger partial charge in [-0.15, -0.1) is 0 Å². The predicted octanol–water partition coefficient (Wildman–Crippen LogP) is 1.81. The molecule has 0 bridgehead atoms. The third-order valence-electron chi connectivity index (χ3n) is 3.39. The fraction of sp³-hybridized carbons (Fsp3) is 0.538. The van der Waals surface area contributed by atoms with E-state index in [2.05, 4.69) is 0 Å². The highest BCUT2D eigenvalue weighted by molar-refractivity contribution is 5.33. The molecular weight excluding hydrogens is 259 g/mol. The quantitative estimate of drug-likeness (QED) is 0.884. The lowest BCUT2D eigenvalue weighted by Gasteiger charge is -2.26. The van der Waals surface area contributed by atoms with Crippen molar-refractivity contribution in [2.75, 3.05) is 19.7 Å². The lowest BCUT2D eigenvalue weighted by molar-refractivity contribution is -0.138. The van der Waals surface area contributed by atoms with Gasteiger partial charge in [-0.1, -0.05) is 18.2 Å². The summed E-state index contributed by atoms with van der Waals surface area (Å²) in [4.78, 5) is 1.69. The number of nitrogens with zero attached hydrogens (tertiary/aromatic N) is 1. The molecule has 0 saturated carbocycles. The molecule has 1 aromatic carbocycles. The van der Waals surface area contributed by atoms with Crippen molar-refractivity contribution in [3.05, 3.63) is 35.4 Å². The molecule has 1 aromatic rings. The molecule has 3 nitrogen and oxygen atoms in total. The van der Waals surface area contributed by atoms with Crippen LogP contribution in [0.1, 0.15) is 23.6 Å². The van der Waals surface area contributed by atoms with Crippen LogP contribution < -0.4 is 0 Å². The van der Waals surface area contributed by atoms with E-state index >= 15 is 0 Å². The van der Waals surface area contributed by atoms with E-state index < -0.39 is 23.9 Å². The molecule has 1 saturated heterocycles. The van der Waals surface area contributed by atoms with Crippen LogP contribution in [0.5, 0.6) is 0 Å². The number of hydrogen-bond donors (Lipinski definition) is 2. The van der Waals surface area contributed by atoms with Crippen LogP contribution in [0, 0.1) is 0 Å². The highest BCUT2D eigenvalue weighted by Crippen LogP contribution is 2.40. The van der Waals surface area contributed by atoms with Crippen LogP contribution in [0.4, 0.5) is 13.2 Å². The summed E-state index contributed by atoms with van der Waals surface area (Å²) >= 11 is 0. The number of alkyl halides is 3. The molecule has 0 unspecified atom stereocenters. The van der Waals surface area contributed by atoms with E-state index in [0.29, 0.717) is 0 Å². The molecule has 0 aliphatic carbocycles. The Labute approximate surface area is 109 Å². The van der Waals surface area contributed by atoms with Crippen LogP contribution in [-0.4, -0.2) is 40.9 Å². The molecule has 0 aromatic heterocycles. The lowest BCUT2D eigenvalue weighted by Crippen LogP contribution is -2.29. The van der Waals surface area contributed by atoms with Crippen molar-refractivity contribution in [3.63, 3.8) is 0 Å². The van der Waals surface area contributed by atoms with Gasteiger partial charge in [0.2, 0.25) is 0 Å². The molecule has 1 fully saturated rings. The molecule has 2 atom stereocenters. The minimum atomic E-state index is -4.41. The van der Waals surface area contributed by atoms with Gasteiger partial charge in [-0.25, -0.2) is 0 Å². The topological polar surface area (TPSA) is 43.7 Å². The Balaban J connectivity index is 2.35. The number of aliphatic hydroxyl groups excluding tert-OH is 2. The summed E-state index contributed by atoms with van der Waals surface area (Å²) in [6.07, 6.45) is -4.81. The Kier molecular flexibility index (Phi) is 4.13. The number of β-amino-alcohol motifs (C(OH)–C–C–N with tert-alkyl or cyclic N) is 2. The number of aliphatic hydroxyl groups is 2. The van der Waals surface area contributed by atoms with Crippen molar-refractivity contribution in [3.8, 4) is 0 Å². The number of halogens is 3. The van der Waals surface area contributed by atoms with Gasteiger partial charge >= 0.3 is 6.18 Å². The van der Waals surface area contributed by atoms with E-state index in [1.165, 1.54) is 12.1 Å². The average molecular weight is 275 g/mol. The Hall–Kier alpha value is -1.11. The predicted molar refractivity (Wildman–Crippen MR) is 63.5 cm³/mol. The maximum atomic E-state index is 13.0. The molecule has 2 N–H and O–H groups in total. The van der Waals surface area contributed by atoms with E-state index in [0.717, 1.165) is 6.07 Å². The molecule has 1 aliphatic rings. The summed E-state index contributed by atoms with van der Waals surface area (Å²) < 4.78 is 38.9. The van der Waals surface area contributed by atoms with Crippen LogP contribution in [0.2, 0.25) is 0 Å². The highest BCUT2D eigenvalue weighted by Gasteiger charge is 2.39. The maximum absolute atomic E-state index is 13.0. The standard InChI is InChI=1S/C13H16F3NO2/c14-13(15,16)11-4-2-1-3-10(11)12-7-9(19)8-17(12)5-6-18/h1-4,9,12,18-19H,5-8H2/t9-,12+/m0/s1. The van der Waals surface area contributed by atoms with Gasteiger partial charge in [0.05, 0.1) is 18.3 Å². The summed E-state index contributed by atoms with van der Waals surface area (Å²) in [5.74, 6) is 0. The van der Waals surface area contributed by atoms with Gasteiger partial charge in [-0.2, -0.15) is 13.2 Å².